The minimum absolute atomic E-state index is 0.592. The highest BCUT2D eigenvalue weighted by molar-refractivity contribution is 6.03. The first-order valence-electron chi connectivity index (χ1n) is 9.00. The van der Waals surface area contributed by atoms with Gasteiger partial charge in [-0.1, -0.05) is 56.3 Å². The summed E-state index contributed by atoms with van der Waals surface area (Å²) < 4.78 is 2.46. The molecule has 0 atom stereocenters. The van der Waals surface area contributed by atoms with Crippen LogP contribution in [0.25, 0.3) is 32.9 Å². The molecule has 0 spiro atoms. The fraction of sp³-hybridized carbons (Fsp3) is 0.261. The summed E-state index contributed by atoms with van der Waals surface area (Å²) in [5.74, 6) is 0.592. The van der Waals surface area contributed by atoms with Crippen LogP contribution in [-0.2, 0) is 6.54 Å². The monoisotopic (exact) mass is 328 g/mol. The van der Waals surface area contributed by atoms with Crippen molar-refractivity contribution in [2.75, 3.05) is 0 Å². The number of benzene rings is 2. The SMILES string of the molecule is Cc1c(C)n(CC(C)C)c2c(-c3cccc4ccccc34)nccc12. The molecule has 2 nitrogen and oxygen atoms in total. The molecule has 0 aliphatic carbocycles. The number of pyridine rings is 1. The lowest BCUT2D eigenvalue weighted by Crippen LogP contribution is -2.07. The van der Waals surface area contributed by atoms with E-state index in [0.29, 0.717) is 5.92 Å². The molecule has 4 rings (SSSR count). The molecule has 4 aromatic rings. The van der Waals surface area contributed by atoms with Gasteiger partial charge in [0.2, 0.25) is 0 Å². The van der Waals surface area contributed by atoms with Crippen LogP contribution in [0.5, 0.6) is 0 Å². The lowest BCUT2D eigenvalue weighted by atomic mass is 10.00. The normalized spacial score (nSPS) is 11.7. The van der Waals surface area contributed by atoms with Crippen molar-refractivity contribution in [1.82, 2.24) is 9.55 Å². The van der Waals surface area contributed by atoms with Crippen molar-refractivity contribution in [3.05, 3.63) is 66.0 Å². The van der Waals surface area contributed by atoms with E-state index in [1.807, 2.05) is 6.20 Å². The zero-order valence-corrected chi connectivity index (χ0v) is 15.4. The lowest BCUT2D eigenvalue weighted by Gasteiger charge is -2.14. The molecule has 0 saturated heterocycles. The quantitative estimate of drug-likeness (QED) is 0.442. The van der Waals surface area contributed by atoms with Crippen LogP contribution >= 0.6 is 0 Å². The molecule has 2 aromatic carbocycles. The second-order valence-electron chi connectivity index (χ2n) is 7.30. The van der Waals surface area contributed by atoms with Crippen LogP contribution in [0.1, 0.15) is 25.1 Å². The van der Waals surface area contributed by atoms with Crippen LogP contribution in [0.4, 0.5) is 0 Å². The molecule has 2 heterocycles. The predicted octanol–water partition coefficient (Wildman–Crippen LogP) is 6.13. The third-order valence-corrected chi connectivity index (χ3v) is 5.14. The zero-order chi connectivity index (χ0) is 17.6. The van der Waals surface area contributed by atoms with Crippen LogP contribution in [0.15, 0.2) is 54.7 Å². The average molecular weight is 328 g/mol. The van der Waals surface area contributed by atoms with Crippen molar-refractivity contribution in [2.45, 2.75) is 34.2 Å². The second-order valence-corrected chi connectivity index (χ2v) is 7.30. The first kappa shape index (κ1) is 15.9. The maximum Gasteiger partial charge on any atom is 0.0951 e. The topological polar surface area (TPSA) is 17.8 Å². The van der Waals surface area contributed by atoms with Crippen molar-refractivity contribution in [3.63, 3.8) is 0 Å². The van der Waals surface area contributed by atoms with E-state index in [1.54, 1.807) is 0 Å². The van der Waals surface area contributed by atoms with Gasteiger partial charge in [-0.3, -0.25) is 4.98 Å². The molecule has 0 fully saturated rings. The molecule has 2 heteroatoms. The number of rotatable bonds is 3. The van der Waals surface area contributed by atoms with Crippen LogP contribution in [0.2, 0.25) is 0 Å². The van der Waals surface area contributed by atoms with Crippen molar-refractivity contribution >= 4 is 21.7 Å². The first-order chi connectivity index (χ1) is 12.1. The summed E-state index contributed by atoms with van der Waals surface area (Å²) in [5.41, 5.74) is 6.28. The highest BCUT2D eigenvalue weighted by atomic mass is 15.0. The summed E-state index contributed by atoms with van der Waals surface area (Å²) >= 11 is 0. The minimum Gasteiger partial charge on any atom is -0.343 e. The van der Waals surface area contributed by atoms with Crippen LogP contribution in [0, 0.1) is 19.8 Å². The van der Waals surface area contributed by atoms with E-state index in [4.69, 9.17) is 4.98 Å². The number of hydrogen-bond acceptors (Lipinski definition) is 1. The molecular weight excluding hydrogens is 304 g/mol. The maximum absolute atomic E-state index is 4.83. The van der Waals surface area contributed by atoms with Gasteiger partial charge in [-0.25, -0.2) is 0 Å². The molecule has 0 aliphatic rings. The lowest BCUT2D eigenvalue weighted by molar-refractivity contribution is 0.527. The van der Waals surface area contributed by atoms with E-state index in [9.17, 15) is 0 Å². The van der Waals surface area contributed by atoms with Crippen molar-refractivity contribution < 1.29 is 0 Å². The molecular formula is C23H24N2. The zero-order valence-electron chi connectivity index (χ0n) is 15.4. The Kier molecular flexibility index (Phi) is 3.84. The molecule has 0 saturated carbocycles. The highest BCUT2D eigenvalue weighted by Gasteiger charge is 2.18. The molecule has 0 radical (unpaired) electrons. The number of aryl methyl sites for hydroxylation is 1. The van der Waals surface area contributed by atoms with Crippen molar-refractivity contribution in [3.8, 4) is 11.3 Å². The Bertz CT molecular complexity index is 1070. The summed E-state index contributed by atoms with van der Waals surface area (Å²) in [6.45, 7) is 10.0. The van der Waals surface area contributed by atoms with Gasteiger partial charge in [0.1, 0.15) is 0 Å². The molecule has 0 aliphatic heterocycles. The van der Waals surface area contributed by atoms with Gasteiger partial charge in [-0.15, -0.1) is 0 Å². The Labute approximate surface area is 149 Å². The minimum atomic E-state index is 0.592. The molecule has 0 bridgehead atoms. The number of nitrogens with zero attached hydrogens (tertiary/aromatic N) is 2. The summed E-state index contributed by atoms with van der Waals surface area (Å²) in [6.07, 6.45) is 1.95. The Morgan fingerprint density at radius 2 is 1.68 bits per heavy atom. The van der Waals surface area contributed by atoms with Gasteiger partial charge in [0.25, 0.3) is 0 Å². The summed E-state index contributed by atoms with van der Waals surface area (Å²) in [4.78, 5) is 4.83. The average Bonchev–Trinajstić information content (AvgIpc) is 2.86. The van der Waals surface area contributed by atoms with Crippen molar-refractivity contribution in [2.24, 2.45) is 5.92 Å². The van der Waals surface area contributed by atoms with Gasteiger partial charge in [0, 0.05) is 29.4 Å². The largest absolute Gasteiger partial charge is 0.343 e. The van der Waals surface area contributed by atoms with Gasteiger partial charge >= 0.3 is 0 Å². The van der Waals surface area contributed by atoms with Gasteiger partial charge in [0.05, 0.1) is 11.2 Å². The number of fused-ring (bicyclic) bond motifs is 2. The fourth-order valence-electron chi connectivity index (χ4n) is 3.82. The Morgan fingerprint density at radius 1 is 0.920 bits per heavy atom. The Morgan fingerprint density at radius 3 is 2.48 bits per heavy atom. The molecule has 0 unspecified atom stereocenters. The van der Waals surface area contributed by atoms with E-state index in [0.717, 1.165) is 12.2 Å². The highest BCUT2D eigenvalue weighted by Crippen LogP contribution is 2.35. The Hall–Kier alpha value is -2.61. The van der Waals surface area contributed by atoms with E-state index < -0.39 is 0 Å². The van der Waals surface area contributed by atoms with E-state index in [1.165, 1.54) is 38.5 Å². The van der Waals surface area contributed by atoms with Crippen LogP contribution < -0.4 is 0 Å². The molecule has 126 valence electrons. The first-order valence-corrected chi connectivity index (χ1v) is 9.00. The van der Waals surface area contributed by atoms with E-state index >= 15 is 0 Å². The molecule has 0 amide bonds. The number of aromatic nitrogens is 2. The molecule has 0 N–H and O–H groups in total. The van der Waals surface area contributed by atoms with Crippen molar-refractivity contribution in [1.29, 1.82) is 0 Å². The van der Waals surface area contributed by atoms with Gasteiger partial charge in [-0.2, -0.15) is 0 Å². The molecule has 25 heavy (non-hydrogen) atoms. The second kappa shape index (κ2) is 6.03. The Balaban J connectivity index is 2.10. The summed E-state index contributed by atoms with van der Waals surface area (Å²) in [5, 5.41) is 3.84. The van der Waals surface area contributed by atoms with Gasteiger partial charge < -0.3 is 4.57 Å². The molecule has 2 aromatic heterocycles. The van der Waals surface area contributed by atoms with Crippen LogP contribution in [0.3, 0.4) is 0 Å². The standard InChI is InChI=1S/C23H24N2/c1-15(2)14-25-17(4)16(3)19-12-13-24-22(23(19)25)21-11-7-9-18-8-5-6-10-20(18)21/h5-13,15H,14H2,1-4H3. The van der Waals surface area contributed by atoms with Gasteiger partial charge in [0.15, 0.2) is 0 Å². The van der Waals surface area contributed by atoms with Crippen LogP contribution in [-0.4, -0.2) is 9.55 Å². The van der Waals surface area contributed by atoms with E-state index in [2.05, 4.69) is 80.8 Å². The fourth-order valence-corrected chi connectivity index (χ4v) is 3.82. The predicted molar refractivity (Wildman–Crippen MR) is 107 cm³/mol. The van der Waals surface area contributed by atoms with E-state index in [-0.39, 0.29) is 0 Å². The third-order valence-electron chi connectivity index (χ3n) is 5.14. The summed E-state index contributed by atoms with van der Waals surface area (Å²) in [6, 6.07) is 17.2. The smallest absolute Gasteiger partial charge is 0.0951 e. The summed E-state index contributed by atoms with van der Waals surface area (Å²) in [7, 11) is 0. The number of hydrogen-bond donors (Lipinski definition) is 0. The maximum atomic E-state index is 4.83. The van der Waals surface area contributed by atoms with Gasteiger partial charge in [-0.05, 0) is 42.2 Å². The third kappa shape index (κ3) is 2.53.